The maximum atomic E-state index is 8.71. The number of benzene rings is 1. The molecule has 0 fully saturated rings. The van der Waals surface area contributed by atoms with Crippen molar-refractivity contribution >= 4 is 17.8 Å². The topological polar surface area (TPSA) is 85.2 Å². The fraction of sp³-hybridized carbons (Fsp3) is 0.167. The third kappa shape index (κ3) is 3.15. The maximum absolute atomic E-state index is 8.71. The summed E-state index contributed by atoms with van der Waals surface area (Å²) in [7, 11) is 0. The zero-order valence-electron chi connectivity index (χ0n) is 9.21. The van der Waals surface area contributed by atoms with Crippen LogP contribution >= 0.6 is 0 Å². The van der Waals surface area contributed by atoms with Gasteiger partial charge in [0.25, 0.3) is 5.89 Å². The zero-order chi connectivity index (χ0) is 12.1. The molecule has 0 atom stereocenters. The van der Waals surface area contributed by atoms with Gasteiger partial charge in [-0.25, -0.2) is 0 Å². The van der Waals surface area contributed by atoms with Crippen molar-refractivity contribution in [3.63, 3.8) is 0 Å². The van der Waals surface area contributed by atoms with E-state index in [0.717, 1.165) is 5.56 Å². The smallest absolute Gasteiger partial charge is 0.250 e. The third-order valence-electron chi connectivity index (χ3n) is 2.15. The van der Waals surface area contributed by atoms with E-state index in [1.54, 1.807) is 6.08 Å². The third-order valence-corrected chi connectivity index (χ3v) is 2.15. The fourth-order valence-corrected chi connectivity index (χ4v) is 1.37. The number of hydrogen-bond donors (Lipinski definition) is 2. The molecule has 1 heterocycles. The fourth-order valence-electron chi connectivity index (χ4n) is 1.37. The van der Waals surface area contributed by atoms with Gasteiger partial charge in [0.05, 0.1) is 6.61 Å². The monoisotopic (exact) mass is 231 g/mol. The molecule has 0 unspecified atom stereocenters. The van der Waals surface area contributed by atoms with Crippen molar-refractivity contribution < 1.29 is 9.63 Å². The standard InChI is InChI=1S/C12H13N3O2/c13-10-3-1-2-9(8-10)4-5-12-14-11(6-7-16)15-17-12/h1-5,8,16H,6-7,13H2/b5-4+. The summed E-state index contributed by atoms with van der Waals surface area (Å²) in [4.78, 5) is 4.08. The van der Waals surface area contributed by atoms with Crippen molar-refractivity contribution in [1.29, 1.82) is 0 Å². The normalized spacial score (nSPS) is 11.1. The second-order valence-corrected chi connectivity index (χ2v) is 3.53. The highest BCUT2D eigenvalue weighted by molar-refractivity contribution is 5.67. The minimum absolute atomic E-state index is 0.0118. The quantitative estimate of drug-likeness (QED) is 0.776. The van der Waals surface area contributed by atoms with E-state index < -0.39 is 0 Å². The lowest BCUT2D eigenvalue weighted by Gasteiger charge is -1.94. The summed E-state index contributed by atoms with van der Waals surface area (Å²) in [5, 5.41) is 12.4. The summed E-state index contributed by atoms with van der Waals surface area (Å²) >= 11 is 0. The summed E-state index contributed by atoms with van der Waals surface area (Å²) in [6.45, 7) is 0.0118. The lowest BCUT2D eigenvalue weighted by molar-refractivity contribution is 0.293. The molecular formula is C12H13N3O2. The number of nitrogens with two attached hydrogens (primary N) is 1. The van der Waals surface area contributed by atoms with Crippen LogP contribution in [0.1, 0.15) is 17.3 Å². The largest absolute Gasteiger partial charge is 0.399 e. The van der Waals surface area contributed by atoms with Crippen LogP contribution in [0.5, 0.6) is 0 Å². The summed E-state index contributed by atoms with van der Waals surface area (Å²) in [6.07, 6.45) is 3.95. The summed E-state index contributed by atoms with van der Waals surface area (Å²) in [5.41, 5.74) is 7.33. The van der Waals surface area contributed by atoms with Crippen molar-refractivity contribution in [1.82, 2.24) is 10.1 Å². The highest BCUT2D eigenvalue weighted by Gasteiger charge is 2.01. The van der Waals surface area contributed by atoms with Gasteiger partial charge in [0.1, 0.15) is 0 Å². The lowest BCUT2D eigenvalue weighted by Crippen LogP contribution is -1.92. The molecule has 5 heteroatoms. The second-order valence-electron chi connectivity index (χ2n) is 3.53. The van der Waals surface area contributed by atoms with Crippen molar-refractivity contribution in [3.05, 3.63) is 41.5 Å². The van der Waals surface area contributed by atoms with Crippen LogP contribution in [0.3, 0.4) is 0 Å². The number of aliphatic hydroxyl groups is 1. The SMILES string of the molecule is Nc1cccc(/C=C/c2nc(CCO)no2)c1. The van der Waals surface area contributed by atoms with Crippen LogP contribution in [0.25, 0.3) is 12.2 Å². The predicted molar refractivity (Wildman–Crippen MR) is 64.9 cm³/mol. The summed E-state index contributed by atoms with van der Waals surface area (Å²) in [6, 6.07) is 7.47. The first-order valence-corrected chi connectivity index (χ1v) is 5.25. The van der Waals surface area contributed by atoms with Gasteiger partial charge >= 0.3 is 0 Å². The molecule has 17 heavy (non-hydrogen) atoms. The Morgan fingerprint density at radius 2 is 2.24 bits per heavy atom. The minimum atomic E-state index is 0.0118. The second kappa shape index (κ2) is 5.27. The van der Waals surface area contributed by atoms with E-state index >= 15 is 0 Å². The minimum Gasteiger partial charge on any atom is -0.399 e. The van der Waals surface area contributed by atoms with Crippen LogP contribution in [0.4, 0.5) is 5.69 Å². The molecule has 88 valence electrons. The van der Waals surface area contributed by atoms with E-state index in [2.05, 4.69) is 10.1 Å². The number of anilines is 1. The van der Waals surface area contributed by atoms with Gasteiger partial charge in [-0.05, 0) is 23.8 Å². The van der Waals surface area contributed by atoms with Crippen molar-refractivity contribution in [2.75, 3.05) is 12.3 Å². The Hall–Kier alpha value is -2.14. The molecule has 0 radical (unpaired) electrons. The van der Waals surface area contributed by atoms with Gasteiger partial charge in [0, 0.05) is 18.2 Å². The van der Waals surface area contributed by atoms with E-state index in [4.69, 9.17) is 15.4 Å². The molecule has 0 spiro atoms. The molecule has 0 aliphatic heterocycles. The zero-order valence-corrected chi connectivity index (χ0v) is 9.21. The Balaban J connectivity index is 2.09. The molecule has 0 saturated carbocycles. The maximum Gasteiger partial charge on any atom is 0.250 e. The van der Waals surface area contributed by atoms with Crippen molar-refractivity contribution in [2.24, 2.45) is 0 Å². The van der Waals surface area contributed by atoms with Crippen LogP contribution in [0.15, 0.2) is 28.8 Å². The van der Waals surface area contributed by atoms with Crippen LogP contribution in [0, 0.1) is 0 Å². The Bertz CT molecular complexity index is 520. The van der Waals surface area contributed by atoms with Gasteiger partial charge in [0.2, 0.25) is 0 Å². The van der Waals surface area contributed by atoms with Gasteiger partial charge in [-0.15, -0.1) is 0 Å². The van der Waals surface area contributed by atoms with Gasteiger partial charge in [0.15, 0.2) is 5.82 Å². The average molecular weight is 231 g/mol. The van der Waals surface area contributed by atoms with Crippen LogP contribution in [-0.2, 0) is 6.42 Å². The number of nitrogen functional groups attached to an aromatic ring is 1. The van der Waals surface area contributed by atoms with Crippen LogP contribution in [-0.4, -0.2) is 21.9 Å². The van der Waals surface area contributed by atoms with Gasteiger partial charge in [-0.3, -0.25) is 0 Å². The summed E-state index contributed by atoms with van der Waals surface area (Å²) < 4.78 is 4.98. The highest BCUT2D eigenvalue weighted by Crippen LogP contribution is 2.10. The van der Waals surface area contributed by atoms with Crippen LogP contribution < -0.4 is 5.73 Å². The van der Waals surface area contributed by atoms with Gasteiger partial charge in [-0.1, -0.05) is 17.3 Å². The molecule has 2 rings (SSSR count). The summed E-state index contributed by atoms with van der Waals surface area (Å²) in [5.74, 6) is 0.913. The molecule has 1 aromatic heterocycles. The average Bonchev–Trinajstić information content (AvgIpc) is 2.75. The van der Waals surface area contributed by atoms with Crippen LogP contribution in [0.2, 0.25) is 0 Å². The van der Waals surface area contributed by atoms with Gasteiger partial charge in [-0.2, -0.15) is 4.98 Å². The Morgan fingerprint density at radius 1 is 1.35 bits per heavy atom. The molecule has 2 aromatic rings. The van der Waals surface area contributed by atoms with E-state index in [9.17, 15) is 0 Å². The van der Waals surface area contributed by atoms with E-state index in [1.807, 2.05) is 30.3 Å². The van der Waals surface area contributed by atoms with Crippen molar-refractivity contribution in [3.8, 4) is 0 Å². The molecule has 0 aliphatic rings. The van der Waals surface area contributed by atoms with Crippen molar-refractivity contribution in [2.45, 2.75) is 6.42 Å². The number of aromatic nitrogens is 2. The first kappa shape index (κ1) is 11.3. The Morgan fingerprint density at radius 3 is 3.00 bits per heavy atom. The molecule has 0 aliphatic carbocycles. The highest BCUT2D eigenvalue weighted by atomic mass is 16.5. The molecular weight excluding hydrogens is 218 g/mol. The van der Waals surface area contributed by atoms with E-state index in [0.29, 0.717) is 23.8 Å². The number of rotatable bonds is 4. The Kier molecular flexibility index (Phi) is 3.52. The predicted octanol–water partition coefficient (Wildman–Crippen LogP) is 1.36. The molecule has 1 aromatic carbocycles. The number of nitrogens with zero attached hydrogens (tertiary/aromatic N) is 2. The van der Waals surface area contributed by atoms with E-state index in [1.165, 1.54) is 0 Å². The Labute approximate surface area is 98.6 Å². The number of hydrogen-bond acceptors (Lipinski definition) is 5. The molecule has 5 nitrogen and oxygen atoms in total. The molecule has 3 N–H and O–H groups in total. The molecule has 0 amide bonds. The lowest BCUT2D eigenvalue weighted by atomic mass is 10.2. The van der Waals surface area contributed by atoms with E-state index in [-0.39, 0.29) is 6.61 Å². The molecule has 0 bridgehead atoms. The number of aliphatic hydroxyl groups excluding tert-OH is 1. The first-order chi connectivity index (χ1) is 8.28. The molecule has 0 saturated heterocycles. The first-order valence-electron chi connectivity index (χ1n) is 5.25. The van der Waals surface area contributed by atoms with Gasteiger partial charge < -0.3 is 15.4 Å².